The van der Waals surface area contributed by atoms with Gasteiger partial charge < -0.3 is 14.2 Å². The molecule has 0 aliphatic rings. The van der Waals surface area contributed by atoms with E-state index in [1.165, 1.54) is 51.0 Å². The van der Waals surface area contributed by atoms with Crippen molar-refractivity contribution in [3.63, 3.8) is 0 Å². The lowest BCUT2D eigenvalue weighted by Crippen LogP contribution is -2.25. The summed E-state index contributed by atoms with van der Waals surface area (Å²) >= 11 is 0. The average Bonchev–Trinajstić information content (AvgIpc) is 2.80. The number of hydrogen-bond donors (Lipinski definition) is 1. The lowest BCUT2D eigenvalue weighted by molar-refractivity contribution is 0.0219. The Morgan fingerprint density at radius 3 is 2.71 bits per heavy atom. The fourth-order valence-corrected chi connectivity index (χ4v) is 2.63. The zero-order chi connectivity index (χ0) is 22.2. The molecular formula is C21H21FN4O5. The number of ether oxygens (including phenoxy) is 3. The number of rotatable bonds is 9. The Morgan fingerprint density at radius 2 is 1.97 bits per heavy atom. The number of aromatic nitrogens is 3. The third-order valence-corrected chi connectivity index (χ3v) is 4.14. The first-order valence-corrected chi connectivity index (χ1v) is 9.29. The standard InChI is InChI=1S/C21H21FN4O5/c1-4-30-20-8-19(29-3)15(9-24-20)17-10-23-11-18(25-17)21(27)26-31-12-13-7-14(28-2)5-6-16(13)22/h5-11H,4,12H2,1-3H3,(H,26,27). The smallest absolute Gasteiger partial charge is 0.295 e. The summed E-state index contributed by atoms with van der Waals surface area (Å²) in [7, 11) is 2.98. The van der Waals surface area contributed by atoms with Gasteiger partial charge in [-0.1, -0.05) is 0 Å². The summed E-state index contributed by atoms with van der Waals surface area (Å²) in [6.45, 7) is 2.11. The van der Waals surface area contributed by atoms with E-state index in [0.717, 1.165) is 0 Å². The fourth-order valence-electron chi connectivity index (χ4n) is 2.63. The molecule has 2 aromatic heterocycles. The normalized spacial score (nSPS) is 10.5. The maximum atomic E-state index is 13.8. The number of nitrogens with one attached hydrogen (secondary N) is 1. The Bertz CT molecular complexity index is 1060. The van der Waals surface area contributed by atoms with Crippen molar-refractivity contribution in [3.8, 4) is 28.6 Å². The van der Waals surface area contributed by atoms with E-state index in [1.54, 1.807) is 6.07 Å². The molecule has 1 N–H and O–H groups in total. The number of benzene rings is 1. The average molecular weight is 428 g/mol. The van der Waals surface area contributed by atoms with Crippen molar-refractivity contribution in [2.24, 2.45) is 0 Å². The molecule has 0 fully saturated rings. The summed E-state index contributed by atoms with van der Waals surface area (Å²) in [6.07, 6.45) is 4.28. The number of amides is 1. The number of nitrogens with zero attached hydrogens (tertiary/aromatic N) is 3. The van der Waals surface area contributed by atoms with Crippen LogP contribution in [0.4, 0.5) is 4.39 Å². The van der Waals surface area contributed by atoms with Gasteiger partial charge in [0.1, 0.15) is 29.6 Å². The van der Waals surface area contributed by atoms with Gasteiger partial charge in [-0.25, -0.2) is 19.8 Å². The molecule has 0 unspecified atom stereocenters. The van der Waals surface area contributed by atoms with Crippen LogP contribution < -0.4 is 19.7 Å². The van der Waals surface area contributed by atoms with Crippen LogP contribution in [-0.4, -0.2) is 41.7 Å². The van der Waals surface area contributed by atoms with Gasteiger partial charge in [0.05, 0.1) is 44.5 Å². The van der Waals surface area contributed by atoms with Crippen LogP contribution >= 0.6 is 0 Å². The summed E-state index contributed by atoms with van der Waals surface area (Å²) < 4.78 is 29.6. The molecule has 162 valence electrons. The molecule has 0 radical (unpaired) electrons. The third-order valence-electron chi connectivity index (χ3n) is 4.14. The number of carbonyl (C=O) groups is 1. The molecule has 0 saturated carbocycles. The molecule has 1 aromatic carbocycles. The molecule has 0 atom stereocenters. The quantitative estimate of drug-likeness (QED) is 0.519. The van der Waals surface area contributed by atoms with Crippen LogP contribution in [0, 0.1) is 5.82 Å². The Labute approximate surface area is 178 Å². The number of pyridine rings is 1. The molecule has 9 nitrogen and oxygen atoms in total. The zero-order valence-electron chi connectivity index (χ0n) is 17.2. The fraction of sp³-hybridized carbons (Fsp3) is 0.238. The van der Waals surface area contributed by atoms with Gasteiger partial charge in [0.2, 0.25) is 5.88 Å². The lowest BCUT2D eigenvalue weighted by atomic mass is 10.2. The molecule has 1 amide bonds. The van der Waals surface area contributed by atoms with Crippen molar-refractivity contribution in [2.45, 2.75) is 13.5 Å². The minimum Gasteiger partial charge on any atom is -0.497 e. The third kappa shape index (κ3) is 5.43. The van der Waals surface area contributed by atoms with E-state index in [4.69, 9.17) is 19.0 Å². The van der Waals surface area contributed by atoms with Crippen LogP contribution in [0.25, 0.3) is 11.3 Å². The second kappa shape index (κ2) is 10.3. The Morgan fingerprint density at radius 1 is 1.13 bits per heavy atom. The van der Waals surface area contributed by atoms with Gasteiger partial charge in [-0.2, -0.15) is 0 Å². The Kier molecular flexibility index (Phi) is 7.28. The van der Waals surface area contributed by atoms with Crippen molar-refractivity contribution >= 4 is 5.91 Å². The second-order valence-electron chi connectivity index (χ2n) is 6.12. The lowest BCUT2D eigenvalue weighted by Gasteiger charge is -2.11. The molecule has 2 heterocycles. The van der Waals surface area contributed by atoms with E-state index in [2.05, 4.69) is 20.4 Å². The zero-order valence-corrected chi connectivity index (χ0v) is 17.2. The summed E-state index contributed by atoms with van der Waals surface area (Å²) in [6, 6.07) is 5.85. The highest BCUT2D eigenvalue weighted by Gasteiger charge is 2.15. The molecule has 3 aromatic rings. The van der Waals surface area contributed by atoms with E-state index >= 15 is 0 Å². The Hall–Kier alpha value is -3.79. The number of carbonyl (C=O) groups excluding carboxylic acids is 1. The van der Waals surface area contributed by atoms with Gasteiger partial charge in [-0.3, -0.25) is 14.6 Å². The van der Waals surface area contributed by atoms with Crippen LogP contribution in [0.3, 0.4) is 0 Å². The molecule has 3 rings (SSSR count). The number of hydroxylamine groups is 1. The molecule has 0 spiro atoms. The predicted octanol–water partition coefficient (Wildman–Crippen LogP) is 2.96. The molecule has 0 aliphatic heterocycles. The van der Waals surface area contributed by atoms with Crippen molar-refractivity contribution in [1.29, 1.82) is 0 Å². The predicted molar refractivity (Wildman–Crippen MR) is 108 cm³/mol. The highest BCUT2D eigenvalue weighted by Crippen LogP contribution is 2.30. The Balaban J connectivity index is 1.71. The molecule has 0 saturated heterocycles. The number of hydrogen-bond acceptors (Lipinski definition) is 8. The maximum Gasteiger partial charge on any atom is 0.295 e. The van der Waals surface area contributed by atoms with Crippen molar-refractivity contribution in [1.82, 2.24) is 20.4 Å². The molecular weight excluding hydrogens is 407 g/mol. The summed E-state index contributed by atoms with van der Waals surface area (Å²) in [5, 5.41) is 0. The largest absolute Gasteiger partial charge is 0.497 e. The van der Waals surface area contributed by atoms with Gasteiger partial charge in [0.15, 0.2) is 0 Å². The van der Waals surface area contributed by atoms with E-state index in [0.29, 0.717) is 35.2 Å². The summed E-state index contributed by atoms with van der Waals surface area (Å²) in [5.41, 5.74) is 3.36. The topological polar surface area (TPSA) is 105 Å². The molecule has 10 heteroatoms. The highest BCUT2D eigenvalue weighted by atomic mass is 19.1. The summed E-state index contributed by atoms with van der Waals surface area (Å²) in [4.78, 5) is 30.1. The van der Waals surface area contributed by atoms with Crippen LogP contribution in [0.5, 0.6) is 17.4 Å². The first-order chi connectivity index (χ1) is 15.0. The van der Waals surface area contributed by atoms with Crippen molar-refractivity contribution in [2.75, 3.05) is 20.8 Å². The van der Waals surface area contributed by atoms with Crippen LogP contribution in [-0.2, 0) is 11.4 Å². The number of halogens is 1. The summed E-state index contributed by atoms with van der Waals surface area (Å²) in [5.74, 6) is 0.225. The van der Waals surface area contributed by atoms with E-state index in [-0.39, 0.29) is 17.9 Å². The molecule has 31 heavy (non-hydrogen) atoms. The van der Waals surface area contributed by atoms with Gasteiger partial charge in [-0.15, -0.1) is 0 Å². The molecule has 0 bridgehead atoms. The van der Waals surface area contributed by atoms with Crippen molar-refractivity contribution in [3.05, 3.63) is 59.9 Å². The van der Waals surface area contributed by atoms with Gasteiger partial charge in [0, 0.05) is 17.8 Å². The van der Waals surface area contributed by atoms with Crippen LogP contribution in [0.2, 0.25) is 0 Å². The number of methoxy groups -OCH3 is 2. The first kappa shape index (κ1) is 21.9. The van der Waals surface area contributed by atoms with Crippen molar-refractivity contribution < 1.29 is 28.2 Å². The van der Waals surface area contributed by atoms with E-state index < -0.39 is 11.7 Å². The second-order valence-corrected chi connectivity index (χ2v) is 6.12. The highest BCUT2D eigenvalue weighted by molar-refractivity contribution is 5.91. The van der Waals surface area contributed by atoms with Crippen LogP contribution in [0.1, 0.15) is 23.0 Å². The monoisotopic (exact) mass is 428 g/mol. The minimum atomic E-state index is -0.643. The molecule has 0 aliphatic carbocycles. The van der Waals surface area contributed by atoms with E-state index in [9.17, 15) is 9.18 Å². The minimum absolute atomic E-state index is 0.000415. The van der Waals surface area contributed by atoms with Gasteiger partial charge in [0.25, 0.3) is 5.91 Å². The SMILES string of the molecule is CCOc1cc(OC)c(-c2cncc(C(=O)NOCc3cc(OC)ccc3F)n2)cn1. The van der Waals surface area contributed by atoms with E-state index in [1.807, 2.05) is 6.92 Å². The van der Waals surface area contributed by atoms with Gasteiger partial charge in [-0.05, 0) is 25.1 Å². The van der Waals surface area contributed by atoms with Gasteiger partial charge >= 0.3 is 0 Å². The first-order valence-electron chi connectivity index (χ1n) is 9.29. The maximum absolute atomic E-state index is 13.8. The van der Waals surface area contributed by atoms with Crippen LogP contribution in [0.15, 0.2) is 42.9 Å².